The summed E-state index contributed by atoms with van der Waals surface area (Å²) < 4.78 is 2.50. The molecule has 1 heterocycles. The standard InChI is InChI=1S/C25H33N2.HI/c1-6-19-27-23-12-10-9-11-22(23)25(4,5)24(27)18-15-20-13-16-21(17-14-20)26(7-2)8-3;/h9-18H,6-8,19H2,1-5H3;1H/q+1;/p-1. The maximum atomic E-state index is 2.50. The zero-order chi connectivity index (χ0) is 19.4. The van der Waals surface area contributed by atoms with E-state index >= 15 is 0 Å². The predicted molar refractivity (Wildman–Crippen MR) is 119 cm³/mol. The van der Waals surface area contributed by atoms with Crippen LogP contribution in [0.15, 0.2) is 54.6 Å². The summed E-state index contributed by atoms with van der Waals surface area (Å²) in [6.07, 6.45) is 5.72. The summed E-state index contributed by atoms with van der Waals surface area (Å²) in [7, 11) is 0. The Morgan fingerprint density at radius 3 is 2.14 bits per heavy atom. The molecule has 0 aliphatic carbocycles. The van der Waals surface area contributed by atoms with E-state index in [2.05, 4.69) is 105 Å². The molecule has 2 aromatic rings. The van der Waals surface area contributed by atoms with Gasteiger partial charge in [0.05, 0.1) is 5.41 Å². The summed E-state index contributed by atoms with van der Waals surface area (Å²) >= 11 is 0. The van der Waals surface area contributed by atoms with Crippen LogP contribution in [0.1, 0.15) is 52.2 Å². The van der Waals surface area contributed by atoms with Gasteiger partial charge in [0.15, 0.2) is 5.71 Å². The number of allylic oxidation sites excluding steroid dienone is 1. The first-order valence-corrected chi connectivity index (χ1v) is 10.3. The minimum absolute atomic E-state index is 0. The Morgan fingerprint density at radius 2 is 1.54 bits per heavy atom. The molecule has 0 saturated carbocycles. The molecule has 0 fully saturated rings. The quantitative estimate of drug-likeness (QED) is 0.429. The second kappa shape index (κ2) is 9.73. The Kier molecular flexibility index (Phi) is 7.87. The predicted octanol–water partition coefficient (Wildman–Crippen LogP) is 3.04. The second-order valence-electron chi connectivity index (χ2n) is 7.78. The average Bonchev–Trinajstić information content (AvgIpc) is 2.90. The highest BCUT2D eigenvalue weighted by Crippen LogP contribution is 2.40. The van der Waals surface area contributed by atoms with Gasteiger partial charge in [0.2, 0.25) is 5.69 Å². The van der Waals surface area contributed by atoms with Crippen molar-refractivity contribution in [3.05, 3.63) is 65.7 Å². The van der Waals surface area contributed by atoms with Gasteiger partial charge < -0.3 is 28.9 Å². The number of rotatable bonds is 7. The second-order valence-corrected chi connectivity index (χ2v) is 7.78. The lowest BCUT2D eigenvalue weighted by atomic mass is 9.81. The number of benzene rings is 2. The monoisotopic (exact) mass is 488 g/mol. The van der Waals surface area contributed by atoms with Gasteiger partial charge in [-0.3, -0.25) is 0 Å². The van der Waals surface area contributed by atoms with Crippen LogP contribution in [0.3, 0.4) is 0 Å². The number of para-hydroxylation sites is 1. The summed E-state index contributed by atoms with van der Waals surface area (Å²) in [5, 5.41) is 0. The van der Waals surface area contributed by atoms with Gasteiger partial charge in [0.25, 0.3) is 0 Å². The van der Waals surface area contributed by atoms with Crippen LogP contribution in [0.25, 0.3) is 6.08 Å². The van der Waals surface area contributed by atoms with E-state index in [4.69, 9.17) is 0 Å². The topological polar surface area (TPSA) is 6.25 Å². The van der Waals surface area contributed by atoms with Crippen molar-refractivity contribution >= 4 is 23.2 Å². The molecule has 0 saturated heterocycles. The van der Waals surface area contributed by atoms with E-state index in [0.29, 0.717) is 0 Å². The molecule has 0 aromatic heterocycles. The minimum Gasteiger partial charge on any atom is -1.00 e. The summed E-state index contributed by atoms with van der Waals surface area (Å²) in [5.74, 6) is 0. The third-order valence-electron chi connectivity index (χ3n) is 5.70. The lowest BCUT2D eigenvalue weighted by Crippen LogP contribution is -3.00. The Labute approximate surface area is 188 Å². The molecule has 0 bridgehead atoms. The Balaban J connectivity index is 0.00000280. The van der Waals surface area contributed by atoms with E-state index in [0.717, 1.165) is 26.1 Å². The zero-order valence-corrected chi connectivity index (χ0v) is 20.0. The van der Waals surface area contributed by atoms with E-state index < -0.39 is 0 Å². The number of halogens is 1. The van der Waals surface area contributed by atoms with Gasteiger partial charge >= 0.3 is 0 Å². The highest BCUT2D eigenvalue weighted by Gasteiger charge is 2.43. The molecule has 0 unspecified atom stereocenters. The van der Waals surface area contributed by atoms with E-state index in [9.17, 15) is 0 Å². The first-order chi connectivity index (χ1) is 13.0. The smallest absolute Gasteiger partial charge is 0.209 e. The molecule has 2 aromatic carbocycles. The highest BCUT2D eigenvalue weighted by atomic mass is 127. The Hall–Kier alpha value is -1.62. The van der Waals surface area contributed by atoms with Crippen LogP contribution in [0.2, 0.25) is 0 Å². The number of fused-ring (bicyclic) bond motifs is 1. The van der Waals surface area contributed by atoms with Crippen molar-refractivity contribution in [3.63, 3.8) is 0 Å². The largest absolute Gasteiger partial charge is 1.00 e. The third kappa shape index (κ3) is 4.35. The molecule has 0 N–H and O–H groups in total. The van der Waals surface area contributed by atoms with Crippen LogP contribution in [0, 0.1) is 0 Å². The van der Waals surface area contributed by atoms with Crippen LogP contribution >= 0.6 is 0 Å². The van der Waals surface area contributed by atoms with Crippen molar-refractivity contribution in [2.24, 2.45) is 0 Å². The molecule has 0 amide bonds. The van der Waals surface area contributed by atoms with Crippen molar-refractivity contribution in [3.8, 4) is 0 Å². The number of nitrogens with zero attached hydrogens (tertiary/aromatic N) is 2. The lowest BCUT2D eigenvalue weighted by Gasteiger charge is -2.20. The van der Waals surface area contributed by atoms with Crippen LogP contribution in [0.5, 0.6) is 0 Å². The lowest BCUT2D eigenvalue weighted by molar-refractivity contribution is -0.437. The van der Waals surface area contributed by atoms with Gasteiger partial charge in [0.1, 0.15) is 6.54 Å². The van der Waals surface area contributed by atoms with Gasteiger partial charge in [-0.25, -0.2) is 0 Å². The zero-order valence-electron chi connectivity index (χ0n) is 17.9. The summed E-state index contributed by atoms with van der Waals surface area (Å²) in [4.78, 5) is 2.38. The summed E-state index contributed by atoms with van der Waals surface area (Å²) in [6, 6.07) is 17.8. The van der Waals surface area contributed by atoms with Crippen molar-refractivity contribution in [2.45, 2.75) is 46.5 Å². The summed E-state index contributed by atoms with van der Waals surface area (Å²) in [6.45, 7) is 14.5. The number of hydrogen-bond donors (Lipinski definition) is 0. The molecule has 0 radical (unpaired) electrons. The summed E-state index contributed by atoms with van der Waals surface area (Å²) in [5.41, 5.74) is 6.76. The van der Waals surface area contributed by atoms with Crippen LogP contribution in [0.4, 0.5) is 11.4 Å². The van der Waals surface area contributed by atoms with Gasteiger partial charge in [0, 0.05) is 42.9 Å². The molecule has 0 atom stereocenters. The highest BCUT2D eigenvalue weighted by molar-refractivity contribution is 6.05. The molecule has 28 heavy (non-hydrogen) atoms. The van der Waals surface area contributed by atoms with Gasteiger partial charge in [-0.15, -0.1) is 0 Å². The Bertz CT molecular complexity index is 843. The SMILES string of the molecule is CCC[N+]1=C(C=Cc2ccc(N(CC)CC)cc2)C(C)(C)c2ccccc21.[I-]. The fourth-order valence-corrected chi connectivity index (χ4v) is 4.17. The first kappa shape index (κ1) is 22.7. The van der Waals surface area contributed by atoms with Crippen LogP contribution < -0.4 is 28.9 Å². The van der Waals surface area contributed by atoms with Crippen molar-refractivity contribution in [2.75, 3.05) is 24.5 Å². The van der Waals surface area contributed by atoms with Crippen molar-refractivity contribution in [1.82, 2.24) is 0 Å². The molecular formula is C25H33IN2. The molecule has 1 aliphatic heterocycles. The molecule has 3 rings (SSSR count). The van der Waals surface area contributed by atoms with Gasteiger partial charge in [-0.1, -0.05) is 37.3 Å². The van der Waals surface area contributed by atoms with E-state index in [-0.39, 0.29) is 29.4 Å². The van der Waals surface area contributed by atoms with Crippen molar-refractivity contribution in [1.29, 1.82) is 0 Å². The molecular weight excluding hydrogens is 455 g/mol. The molecule has 1 aliphatic rings. The normalized spacial score (nSPS) is 14.9. The fraction of sp³-hybridized carbons (Fsp3) is 0.400. The first-order valence-electron chi connectivity index (χ1n) is 10.3. The number of hydrogen-bond acceptors (Lipinski definition) is 1. The minimum atomic E-state index is 0. The van der Waals surface area contributed by atoms with Crippen LogP contribution in [-0.2, 0) is 5.41 Å². The van der Waals surface area contributed by atoms with E-state index in [1.165, 1.54) is 28.2 Å². The molecule has 0 spiro atoms. The van der Waals surface area contributed by atoms with Gasteiger partial charge in [-0.05, 0) is 51.5 Å². The molecule has 3 heteroatoms. The number of anilines is 1. The van der Waals surface area contributed by atoms with E-state index in [1.807, 2.05) is 0 Å². The third-order valence-corrected chi connectivity index (χ3v) is 5.70. The van der Waals surface area contributed by atoms with Gasteiger partial charge in [-0.2, -0.15) is 4.58 Å². The maximum absolute atomic E-state index is 2.50. The fourth-order valence-electron chi connectivity index (χ4n) is 4.17. The van der Waals surface area contributed by atoms with E-state index in [1.54, 1.807) is 0 Å². The van der Waals surface area contributed by atoms with Crippen LogP contribution in [-0.4, -0.2) is 29.9 Å². The maximum Gasteiger partial charge on any atom is 0.209 e. The molecule has 2 nitrogen and oxygen atoms in total. The van der Waals surface area contributed by atoms with Crippen molar-refractivity contribution < 1.29 is 28.6 Å². The Morgan fingerprint density at radius 1 is 0.893 bits per heavy atom. The molecule has 150 valence electrons. The average molecular weight is 488 g/mol.